The first-order valence-electron chi connectivity index (χ1n) is 7.53. The maximum absolute atomic E-state index is 11.6. The number of aliphatic hydroxyl groups excluding tert-OH is 1. The molecule has 1 amide bonds. The molecule has 0 spiro atoms. The Morgan fingerprint density at radius 3 is 2.96 bits per heavy atom. The highest BCUT2D eigenvalue weighted by Crippen LogP contribution is 2.13. The number of nitrogens with two attached hydrogens (primary N) is 2. The summed E-state index contributed by atoms with van der Waals surface area (Å²) in [5, 5.41) is 12.9. The SMILES string of the molecule is CN(C)C(=O)OCC1N=C(N)N2CCC(O)CN=C(N)NC1C2. The summed E-state index contributed by atoms with van der Waals surface area (Å²) in [6, 6.07) is -0.537. The predicted octanol–water partition coefficient (Wildman–Crippen LogP) is -2.28. The van der Waals surface area contributed by atoms with Crippen LogP contribution in [0.3, 0.4) is 0 Å². The van der Waals surface area contributed by atoms with Crippen molar-refractivity contribution in [2.75, 3.05) is 40.3 Å². The number of amides is 1. The van der Waals surface area contributed by atoms with E-state index in [-0.39, 0.29) is 31.2 Å². The van der Waals surface area contributed by atoms with E-state index in [9.17, 15) is 9.90 Å². The minimum absolute atomic E-state index is 0.0964. The van der Waals surface area contributed by atoms with E-state index in [0.29, 0.717) is 25.5 Å². The van der Waals surface area contributed by atoms with E-state index in [1.807, 2.05) is 4.90 Å². The molecule has 0 aromatic carbocycles. The van der Waals surface area contributed by atoms with Gasteiger partial charge >= 0.3 is 6.09 Å². The van der Waals surface area contributed by atoms with Crippen molar-refractivity contribution in [2.24, 2.45) is 21.5 Å². The third-order valence-corrected chi connectivity index (χ3v) is 3.78. The summed E-state index contributed by atoms with van der Waals surface area (Å²) in [5.41, 5.74) is 11.8. The minimum Gasteiger partial charge on any atom is -0.447 e. The molecule has 3 unspecified atom stereocenters. The molecule has 10 nitrogen and oxygen atoms in total. The van der Waals surface area contributed by atoms with Crippen LogP contribution in [-0.2, 0) is 4.74 Å². The third kappa shape index (κ3) is 4.62. The molecule has 2 aliphatic heterocycles. The topological polar surface area (TPSA) is 142 Å². The summed E-state index contributed by atoms with van der Waals surface area (Å²) in [6.45, 7) is 1.45. The highest BCUT2D eigenvalue weighted by Gasteiger charge is 2.32. The molecule has 0 aromatic heterocycles. The second-order valence-corrected chi connectivity index (χ2v) is 5.89. The molecular weight excluding hydrogens is 302 g/mol. The second-order valence-electron chi connectivity index (χ2n) is 5.89. The van der Waals surface area contributed by atoms with Crippen LogP contribution < -0.4 is 16.8 Å². The van der Waals surface area contributed by atoms with Crippen LogP contribution in [0.25, 0.3) is 0 Å². The van der Waals surface area contributed by atoms with E-state index in [4.69, 9.17) is 16.2 Å². The summed E-state index contributed by atoms with van der Waals surface area (Å²) in [7, 11) is 3.22. The van der Waals surface area contributed by atoms with Gasteiger partial charge in [-0.25, -0.2) is 9.79 Å². The molecule has 0 fully saturated rings. The molecule has 2 rings (SSSR count). The van der Waals surface area contributed by atoms with Gasteiger partial charge in [-0.05, 0) is 6.42 Å². The number of nitrogens with zero attached hydrogens (tertiary/aromatic N) is 4. The van der Waals surface area contributed by atoms with Gasteiger partial charge in [0.05, 0.1) is 18.7 Å². The number of fused-ring (bicyclic) bond motifs is 2. The Balaban J connectivity index is 2.11. The summed E-state index contributed by atoms with van der Waals surface area (Å²) in [6.07, 6.45) is -0.482. The van der Waals surface area contributed by atoms with Crippen molar-refractivity contribution in [3.8, 4) is 0 Å². The van der Waals surface area contributed by atoms with Crippen molar-refractivity contribution in [2.45, 2.75) is 24.6 Å². The second kappa shape index (κ2) is 7.36. The van der Waals surface area contributed by atoms with Gasteiger partial charge in [0.15, 0.2) is 11.9 Å². The number of aliphatic hydroxyl groups is 1. The predicted molar refractivity (Wildman–Crippen MR) is 86.1 cm³/mol. The van der Waals surface area contributed by atoms with Crippen molar-refractivity contribution < 1.29 is 14.6 Å². The lowest BCUT2D eigenvalue weighted by atomic mass is 10.1. The summed E-state index contributed by atoms with van der Waals surface area (Å²) in [4.78, 5) is 23.3. The van der Waals surface area contributed by atoms with Gasteiger partial charge in [0.2, 0.25) is 0 Å². The average molecular weight is 327 g/mol. The van der Waals surface area contributed by atoms with Crippen molar-refractivity contribution >= 4 is 18.0 Å². The molecule has 2 aliphatic rings. The standard InChI is InChI=1S/C13H25N7O3/c1-19(2)13(22)23-7-10-9-6-20(12(15)18-10)4-3-8(21)5-16-11(14)17-9/h8-10,21H,3-7H2,1-2H3,(H2,15,18)(H3,14,16,17). The number of ether oxygens (including phenoxy) is 1. The Morgan fingerprint density at radius 2 is 2.26 bits per heavy atom. The zero-order valence-corrected chi connectivity index (χ0v) is 13.5. The van der Waals surface area contributed by atoms with E-state index in [2.05, 4.69) is 15.3 Å². The van der Waals surface area contributed by atoms with Crippen LogP contribution in [0.1, 0.15) is 6.42 Å². The number of carbonyl (C=O) groups excluding carboxylic acids is 1. The first-order chi connectivity index (χ1) is 10.9. The van der Waals surface area contributed by atoms with Crippen molar-refractivity contribution in [3.63, 3.8) is 0 Å². The van der Waals surface area contributed by atoms with Crippen LogP contribution >= 0.6 is 0 Å². The Kier molecular flexibility index (Phi) is 5.48. The fourth-order valence-electron chi connectivity index (χ4n) is 2.42. The van der Waals surface area contributed by atoms with Gasteiger partial charge in [-0.2, -0.15) is 0 Å². The van der Waals surface area contributed by atoms with Gasteiger partial charge in [0.1, 0.15) is 12.6 Å². The molecule has 130 valence electrons. The minimum atomic E-state index is -0.571. The molecule has 2 heterocycles. The summed E-state index contributed by atoms with van der Waals surface area (Å²) in [5.74, 6) is 0.604. The molecule has 10 heteroatoms. The maximum Gasteiger partial charge on any atom is 0.409 e. The van der Waals surface area contributed by atoms with E-state index < -0.39 is 12.2 Å². The van der Waals surface area contributed by atoms with E-state index in [1.165, 1.54) is 4.90 Å². The van der Waals surface area contributed by atoms with Gasteiger partial charge in [-0.1, -0.05) is 0 Å². The smallest absolute Gasteiger partial charge is 0.409 e. The van der Waals surface area contributed by atoms with Crippen LogP contribution in [0.5, 0.6) is 0 Å². The monoisotopic (exact) mass is 327 g/mol. The number of hydrogen-bond donors (Lipinski definition) is 4. The molecule has 3 atom stereocenters. The van der Waals surface area contributed by atoms with E-state index >= 15 is 0 Å². The number of hydrogen-bond acceptors (Lipinski definition) is 9. The lowest BCUT2D eigenvalue weighted by molar-refractivity contribution is 0.103. The van der Waals surface area contributed by atoms with Crippen molar-refractivity contribution in [3.05, 3.63) is 0 Å². The largest absolute Gasteiger partial charge is 0.447 e. The molecule has 2 bridgehead atoms. The van der Waals surface area contributed by atoms with Crippen LogP contribution in [0.4, 0.5) is 4.79 Å². The molecule has 0 radical (unpaired) electrons. The molecule has 23 heavy (non-hydrogen) atoms. The Labute approximate surface area is 135 Å². The first-order valence-corrected chi connectivity index (χ1v) is 7.53. The number of aliphatic imine (C=N–C) groups is 2. The zero-order chi connectivity index (χ0) is 17.0. The van der Waals surface area contributed by atoms with Gasteiger partial charge in [-0.15, -0.1) is 0 Å². The summed E-state index contributed by atoms with van der Waals surface area (Å²) >= 11 is 0. The molecule has 0 saturated carbocycles. The molecule has 0 aromatic rings. The van der Waals surface area contributed by atoms with Crippen molar-refractivity contribution in [1.82, 2.24) is 15.1 Å². The Hall–Kier alpha value is -2.23. The maximum atomic E-state index is 11.6. The Bertz CT molecular complexity index is 494. The molecular formula is C13H25N7O3. The third-order valence-electron chi connectivity index (χ3n) is 3.78. The summed E-state index contributed by atoms with van der Waals surface area (Å²) < 4.78 is 5.21. The van der Waals surface area contributed by atoms with Gasteiger partial charge in [0.25, 0.3) is 0 Å². The number of carbonyl (C=O) groups is 1. The zero-order valence-electron chi connectivity index (χ0n) is 13.5. The highest BCUT2D eigenvalue weighted by atomic mass is 16.6. The quantitative estimate of drug-likeness (QED) is 0.447. The fourth-order valence-corrected chi connectivity index (χ4v) is 2.42. The number of guanidine groups is 2. The number of nitrogens with one attached hydrogen (secondary N) is 1. The van der Waals surface area contributed by atoms with Crippen molar-refractivity contribution in [1.29, 1.82) is 0 Å². The molecule has 0 aliphatic carbocycles. The fraction of sp³-hybridized carbons (Fsp3) is 0.769. The van der Waals surface area contributed by atoms with Gasteiger partial charge < -0.3 is 36.4 Å². The van der Waals surface area contributed by atoms with E-state index in [1.54, 1.807) is 14.1 Å². The Morgan fingerprint density at radius 1 is 1.52 bits per heavy atom. The normalized spacial score (nSPS) is 28.1. The van der Waals surface area contributed by atoms with Gasteiger partial charge in [0, 0.05) is 27.2 Å². The molecule has 0 saturated heterocycles. The van der Waals surface area contributed by atoms with Gasteiger partial charge in [-0.3, -0.25) is 4.99 Å². The van der Waals surface area contributed by atoms with Crippen LogP contribution in [0.2, 0.25) is 0 Å². The van der Waals surface area contributed by atoms with Crippen LogP contribution in [0, 0.1) is 0 Å². The number of rotatable bonds is 2. The first kappa shape index (κ1) is 17.1. The lowest BCUT2D eigenvalue weighted by Gasteiger charge is -2.38. The lowest BCUT2D eigenvalue weighted by Crippen LogP contribution is -2.60. The average Bonchev–Trinajstić information content (AvgIpc) is 2.50. The van der Waals surface area contributed by atoms with Crippen LogP contribution in [-0.4, -0.2) is 91.4 Å². The van der Waals surface area contributed by atoms with Crippen LogP contribution in [0.15, 0.2) is 9.98 Å². The highest BCUT2D eigenvalue weighted by molar-refractivity contribution is 5.81. The molecule has 6 N–H and O–H groups in total. The van der Waals surface area contributed by atoms with E-state index in [0.717, 1.165) is 0 Å².